The molecular weight excluding hydrogens is 282 g/mol. The second kappa shape index (κ2) is 5.21. The summed E-state index contributed by atoms with van der Waals surface area (Å²) >= 11 is 6.22. The van der Waals surface area contributed by atoms with E-state index in [1.54, 1.807) is 0 Å². The zero-order valence-corrected chi connectivity index (χ0v) is 12.4. The van der Waals surface area contributed by atoms with Gasteiger partial charge in [-0.15, -0.1) is 0 Å². The summed E-state index contributed by atoms with van der Waals surface area (Å²) in [5, 5.41) is 4.18. The van der Waals surface area contributed by atoms with Crippen molar-refractivity contribution >= 4 is 17.2 Å². The summed E-state index contributed by atoms with van der Waals surface area (Å²) in [6.07, 6.45) is 2.16. The van der Waals surface area contributed by atoms with Gasteiger partial charge in [0.1, 0.15) is 11.5 Å². The number of fused-ring (bicyclic) bond motifs is 2. The Morgan fingerprint density at radius 1 is 0.905 bits per heavy atom. The van der Waals surface area contributed by atoms with Crippen LogP contribution in [0.5, 0.6) is 11.5 Å². The summed E-state index contributed by atoms with van der Waals surface area (Å²) < 4.78 is 6.05. The summed E-state index contributed by atoms with van der Waals surface area (Å²) in [5.74, 6) is 1.84. The summed E-state index contributed by atoms with van der Waals surface area (Å²) in [6, 6.07) is 14.1. The predicted molar refractivity (Wildman–Crippen MR) is 86.1 cm³/mol. The van der Waals surface area contributed by atoms with Gasteiger partial charge in [-0.3, -0.25) is 0 Å². The van der Waals surface area contributed by atoms with Gasteiger partial charge >= 0.3 is 0 Å². The van der Waals surface area contributed by atoms with Crippen molar-refractivity contribution in [2.24, 2.45) is 0 Å². The van der Waals surface area contributed by atoms with E-state index >= 15 is 0 Å². The molecule has 2 aliphatic rings. The van der Waals surface area contributed by atoms with Gasteiger partial charge in [-0.2, -0.15) is 0 Å². The van der Waals surface area contributed by atoms with Crippen molar-refractivity contribution < 1.29 is 4.74 Å². The van der Waals surface area contributed by atoms with E-state index in [9.17, 15) is 0 Å². The van der Waals surface area contributed by atoms with E-state index in [2.05, 4.69) is 17.4 Å². The number of piperidine rings is 1. The van der Waals surface area contributed by atoms with Gasteiger partial charge in [-0.1, -0.05) is 35.4 Å². The van der Waals surface area contributed by atoms with Crippen LogP contribution in [0.1, 0.15) is 24.0 Å². The fourth-order valence-electron chi connectivity index (χ4n) is 3.17. The van der Waals surface area contributed by atoms with Gasteiger partial charge in [0, 0.05) is 16.1 Å². The number of para-hydroxylation sites is 1. The molecule has 106 valence electrons. The van der Waals surface area contributed by atoms with Crippen LogP contribution in [0.3, 0.4) is 0 Å². The SMILES string of the molecule is Clc1ccc2c(c1)C(=C1CCNCC1)c1ccccc1O2. The van der Waals surface area contributed by atoms with E-state index < -0.39 is 0 Å². The molecule has 2 aliphatic heterocycles. The normalized spacial score (nSPS) is 17.0. The van der Waals surface area contributed by atoms with E-state index in [0.717, 1.165) is 48.0 Å². The third-order valence-corrected chi connectivity index (χ3v) is 4.38. The van der Waals surface area contributed by atoms with Gasteiger partial charge in [0.2, 0.25) is 0 Å². The van der Waals surface area contributed by atoms with Gasteiger partial charge < -0.3 is 10.1 Å². The molecule has 0 unspecified atom stereocenters. The first-order valence-electron chi connectivity index (χ1n) is 7.33. The molecule has 2 nitrogen and oxygen atoms in total. The van der Waals surface area contributed by atoms with E-state index in [1.165, 1.54) is 16.7 Å². The topological polar surface area (TPSA) is 21.3 Å². The number of hydrogen-bond donors (Lipinski definition) is 1. The lowest BCUT2D eigenvalue weighted by atomic mass is 9.86. The minimum Gasteiger partial charge on any atom is -0.456 e. The minimum atomic E-state index is 0.753. The molecule has 0 radical (unpaired) electrons. The summed E-state index contributed by atoms with van der Waals surface area (Å²) in [6.45, 7) is 2.08. The lowest BCUT2D eigenvalue weighted by Crippen LogP contribution is -2.24. The van der Waals surface area contributed by atoms with Crippen LogP contribution in [0, 0.1) is 0 Å². The highest BCUT2D eigenvalue weighted by Gasteiger charge is 2.25. The highest BCUT2D eigenvalue weighted by molar-refractivity contribution is 6.30. The molecule has 0 saturated carbocycles. The monoisotopic (exact) mass is 297 g/mol. The number of ether oxygens (including phenoxy) is 1. The first kappa shape index (κ1) is 12.9. The van der Waals surface area contributed by atoms with Crippen LogP contribution in [-0.2, 0) is 0 Å². The average Bonchev–Trinajstić information content (AvgIpc) is 2.53. The fraction of sp³-hybridized carbons (Fsp3) is 0.222. The fourth-order valence-corrected chi connectivity index (χ4v) is 3.34. The van der Waals surface area contributed by atoms with Crippen LogP contribution in [0.15, 0.2) is 48.0 Å². The molecular formula is C18H16ClNO. The summed E-state index contributed by atoms with van der Waals surface area (Å²) in [7, 11) is 0. The Labute approximate surface area is 129 Å². The van der Waals surface area contributed by atoms with Gasteiger partial charge in [0.05, 0.1) is 0 Å². The van der Waals surface area contributed by atoms with Gasteiger partial charge in [0.25, 0.3) is 0 Å². The van der Waals surface area contributed by atoms with Crippen LogP contribution in [-0.4, -0.2) is 13.1 Å². The highest BCUT2D eigenvalue weighted by Crippen LogP contribution is 2.46. The summed E-state index contributed by atoms with van der Waals surface area (Å²) in [4.78, 5) is 0. The van der Waals surface area contributed by atoms with Crippen molar-refractivity contribution in [2.75, 3.05) is 13.1 Å². The standard InChI is InChI=1S/C18H16ClNO/c19-13-5-6-17-15(11-13)18(12-7-9-20-10-8-12)14-3-1-2-4-16(14)21-17/h1-6,11,20H,7-10H2. The van der Waals surface area contributed by atoms with E-state index in [0.29, 0.717) is 0 Å². The van der Waals surface area contributed by atoms with Crippen molar-refractivity contribution in [2.45, 2.75) is 12.8 Å². The van der Waals surface area contributed by atoms with Crippen LogP contribution in [0.4, 0.5) is 0 Å². The smallest absolute Gasteiger partial charge is 0.135 e. The lowest BCUT2D eigenvalue weighted by Gasteiger charge is -2.27. The molecule has 1 saturated heterocycles. The number of rotatable bonds is 0. The largest absolute Gasteiger partial charge is 0.456 e. The predicted octanol–water partition coefficient (Wildman–Crippen LogP) is 4.63. The first-order valence-corrected chi connectivity index (χ1v) is 7.70. The van der Waals surface area contributed by atoms with Crippen LogP contribution in [0.2, 0.25) is 5.02 Å². The van der Waals surface area contributed by atoms with Crippen LogP contribution >= 0.6 is 11.6 Å². The van der Waals surface area contributed by atoms with Crippen LogP contribution < -0.4 is 10.1 Å². The molecule has 3 heteroatoms. The second-order valence-corrected chi connectivity index (χ2v) is 5.90. The Bertz CT molecular complexity index is 728. The van der Waals surface area contributed by atoms with Crippen molar-refractivity contribution in [1.82, 2.24) is 5.32 Å². The molecule has 0 bridgehead atoms. The minimum absolute atomic E-state index is 0.753. The number of halogens is 1. The Morgan fingerprint density at radius 2 is 1.67 bits per heavy atom. The second-order valence-electron chi connectivity index (χ2n) is 5.47. The van der Waals surface area contributed by atoms with Crippen LogP contribution in [0.25, 0.3) is 5.57 Å². The number of nitrogens with one attached hydrogen (secondary N) is 1. The van der Waals surface area contributed by atoms with Gasteiger partial charge in [-0.25, -0.2) is 0 Å². The maximum Gasteiger partial charge on any atom is 0.135 e. The number of benzene rings is 2. The lowest BCUT2D eigenvalue weighted by molar-refractivity contribution is 0.473. The molecule has 0 aliphatic carbocycles. The van der Waals surface area contributed by atoms with Crippen molar-refractivity contribution in [3.05, 3.63) is 64.2 Å². The molecule has 0 atom stereocenters. The van der Waals surface area contributed by atoms with E-state index in [1.807, 2.05) is 30.3 Å². The Balaban J connectivity index is 1.98. The van der Waals surface area contributed by atoms with Gasteiger partial charge in [-0.05, 0) is 55.8 Å². The zero-order chi connectivity index (χ0) is 14.2. The van der Waals surface area contributed by atoms with Crippen molar-refractivity contribution in [1.29, 1.82) is 0 Å². The highest BCUT2D eigenvalue weighted by atomic mass is 35.5. The third kappa shape index (κ3) is 2.25. The summed E-state index contributed by atoms with van der Waals surface area (Å²) in [5.41, 5.74) is 5.12. The molecule has 2 heterocycles. The zero-order valence-electron chi connectivity index (χ0n) is 11.7. The molecule has 4 rings (SSSR count). The van der Waals surface area contributed by atoms with Gasteiger partial charge in [0.15, 0.2) is 0 Å². The molecule has 1 fully saturated rings. The molecule has 21 heavy (non-hydrogen) atoms. The molecule has 2 aromatic carbocycles. The molecule has 0 amide bonds. The van der Waals surface area contributed by atoms with Crippen molar-refractivity contribution in [3.63, 3.8) is 0 Å². The quantitative estimate of drug-likeness (QED) is 0.653. The molecule has 1 N–H and O–H groups in total. The Morgan fingerprint density at radius 3 is 2.52 bits per heavy atom. The Hall–Kier alpha value is -1.77. The third-order valence-electron chi connectivity index (χ3n) is 4.15. The first-order chi connectivity index (χ1) is 10.3. The van der Waals surface area contributed by atoms with E-state index in [4.69, 9.17) is 16.3 Å². The van der Waals surface area contributed by atoms with E-state index in [-0.39, 0.29) is 0 Å². The average molecular weight is 298 g/mol. The Kier molecular flexibility index (Phi) is 3.21. The molecule has 0 spiro atoms. The molecule has 0 aromatic heterocycles. The maximum absolute atomic E-state index is 6.22. The van der Waals surface area contributed by atoms with Crippen molar-refractivity contribution in [3.8, 4) is 11.5 Å². The number of hydrogen-bond acceptors (Lipinski definition) is 2. The molecule has 2 aromatic rings. The maximum atomic E-state index is 6.22.